The number of fused-ring (bicyclic) bond motifs is 5. The van der Waals surface area contributed by atoms with E-state index in [0.717, 1.165) is 37.4 Å². The van der Waals surface area contributed by atoms with Crippen molar-refractivity contribution in [2.24, 2.45) is 34.5 Å². The molecule has 36 heavy (non-hydrogen) atoms. The number of carbonyl (C=O) groups excluding carboxylic acids is 2. The monoisotopic (exact) mass is 502 g/mol. The lowest BCUT2D eigenvalue weighted by molar-refractivity contribution is -0.198. The largest absolute Gasteiger partial charge is 0.415 e. The van der Waals surface area contributed by atoms with Gasteiger partial charge in [-0.3, -0.25) is 9.59 Å². The van der Waals surface area contributed by atoms with Crippen molar-refractivity contribution in [3.05, 3.63) is 47.2 Å². The summed E-state index contributed by atoms with van der Waals surface area (Å²) >= 11 is 0. The molecule has 4 nitrogen and oxygen atoms in total. The molecule has 1 aliphatic heterocycles. The number of piperidine rings is 1. The van der Waals surface area contributed by atoms with Crippen molar-refractivity contribution >= 4 is 11.8 Å². The van der Waals surface area contributed by atoms with Crippen LogP contribution in [0.4, 0.5) is 13.2 Å². The molecule has 0 spiro atoms. The first kappa shape index (κ1) is 25.3. The predicted molar refractivity (Wildman–Crippen MR) is 131 cm³/mol. The lowest BCUT2D eigenvalue weighted by atomic mass is 9.49. The van der Waals surface area contributed by atoms with Crippen LogP contribution in [0.25, 0.3) is 0 Å². The summed E-state index contributed by atoms with van der Waals surface area (Å²) in [5.74, 6) is -1.11. The minimum absolute atomic E-state index is 0.0532. The normalized spacial score (nSPS) is 37.5. The summed E-state index contributed by atoms with van der Waals surface area (Å²) in [5, 5.41) is 5.20. The number of hydrogen-bond acceptors (Lipinski definition) is 2. The highest BCUT2D eigenvalue weighted by atomic mass is 19.4. The molecule has 0 aromatic heterocycles. The fourth-order valence-corrected chi connectivity index (χ4v) is 8.02. The lowest BCUT2D eigenvalue weighted by Crippen LogP contribution is -2.60. The van der Waals surface area contributed by atoms with E-state index in [2.05, 4.69) is 30.6 Å². The summed E-state index contributed by atoms with van der Waals surface area (Å²) in [5.41, 5.74) is -1.03. The van der Waals surface area contributed by atoms with Gasteiger partial charge in [-0.2, -0.15) is 13.2 Å². The molecule has 3 aliphatic carbocycles. The number of aryl methyl sites for hydroxylation is 1. The molecule has 0 radical (unpaired) electrons. The van der Waals surface area contributed by atoms with Gasteiger partial charge in [0.1, 0.15) is 5.92 Å². The molecule has 0 bridgehead atoms. The van der Waals surface area contributed by atoms with Gasteiger partial charge in [0.05, 0.1) is 0 Å². The van der Waals surface area contributed by atoms with Crippen LogP contribution in [-0.2, 0) is 15.1 Å². The molecule has 7 atom stereocenters. The van der Waals surface area contributed by atoms with Gasteiger partial charge in [-0.05, 0) is 81.1 Å². The molecule has 2 amide bonds. The van der Waals surface area contributed by atoms with Crippen LogP contribution in [0.5, 0.6) is 0 Å². The Morgan fingerprint density at radius 1 is 1.08 bits per heavy atom. The summed E-state index contributed by atoms with van der Waals surface area (Å²) in [4.78, 5) is 26.5. The Morgan fingerprint density at radius 3 is 2.44 bits per heavy atom. The van der Waals surface area contributed by atoms with E-state index in [0.29, 0.717) is 23.2 Å². The van der Waals surface area contributed by atoms with Crippen molar-refractivity contribution in [1.82, 2.24) is 10.6 Å². The van der Waals surface area contributed by atoms with Crippen LogP contribution in [0.15, 0.2) is 36.0 Å². The molecule has 4 aliphatic rings. The Kier molecular flexibility index (Phi) is 5.88. The van der Waals surface area contributed by atoms with Crippen LogP contribution in [0.2, 0.25) is 0 Å². The second-order valence-electron chi connectivity index (χ2n) is 12.5. The smallest absolute Gasteiger partial charge is 0.338 e. The first-order chi connectivity index (χ1) is 16.8. The van der Waals surface area contributed by atoms with Gasteiger partial charge >= 0.3 is 6.18 Å². The Labute approximate surface area is 211 Å². The maximum atomic E-state index is 14.3. The zero-order chi connectivity index (χ0) is 26.1. The average molecular weight is 503 g/mol. The zero-order valence-corrected chi connectivity index (χ0v) is 21.6. The molecule has 2 N–H and O–H groups in total. The zero-order valence-electron chi connectivity index (χ0n) is 21.6. The number of carbonyl (C=O) groups is 2. The highest BCUT2D eigenvalue weighted by Gasteiger charge is 2.59. The molecule has 1 aromatic carbocycles. The Morgan fingerprint density at radius 2 is 1.78 bits per heavy atom. The molecular formula is C29H37F3N2O2. The Hall–Kier alpha value is -2.31. The Bertz CT molecular complexity index is 1100. The minimum atomic E-state index is -4.73. The van der Waals surface area contributed by atoms with Crippen LogP contribution >= 0.6 is 0 Å². The second kappa shape index (κ2) is 8.35. The predicted octanol–water partition coefficient (Wildman–Crippen LogP) is 6.15. The van der Waals surface area contributed by atoms with Crippen molar-refractivity contribution in [2.45, 2.75) is 84.4 Å². The number of rotatable bonds is 3. The van der Waals surface area contributed by atoms with Crippen molar-refractivity contribution in [1.29, 1.82) is 0 Å². The van der Waals surface area contributed by atoms with E-state index in [1.165, 1.54) is 31.4 Å². The maximum Gasteiger partial charge on any atom is 0.415 e. The summed E-state index contributed by atoms with van der Waals surface area (Å²) < 4.78 is 43.0. The minimum Gasteiger partial charge on any atom is -0.338 e. The second-order valence-corrected chi connectivity index (χ2v) is 12.5. The van der Waals surface area contributed by atoms with Gasteiger partial charge in [0.15, 0.2) is 5.54 Å². The fraction of sp³-hybridized carbons (Fsp3) is 0.655. The van der Waals surface area contributed by atoms with Crippen LogP contribution in [0, 0.1) is 41.4 Å². The summed E-state index contributed by atoms with van der Waals surface area (Å²) in [6.45, 7) is 7.28. The number of halogens is 3. The third kappa shape index (κ3) is 3.79. The van der Waals surface area contributed by atoms with Gasteiger partial charge in [0, 0.05) is 11.1 Å². The lowest BCUT2D eigenvalue weighted by Gasteiger charge is -2.57. The number of amides is 2. The molecule has 2 unspecified atom stereocenters. The third-order valence-corrected chi connectivity index (χ3v) is 10.3. The van der Waals surface area contributed by atoms with Gasteiger partial charge in [-0.15, -0.1) is 0 Å². The van der Waals surface area contributed by atoms with Crippen LogP contribution in [0.3, 0.4) is 0 Å². The van der Waals surface area contributed by atoms with Gasteiger partial charge < -0.3 is 10.6 Å². The summed E-state index contributed by atoms with van der Waals surface area (Å²) in [6, 6.07) is 5.97. The fourth-order valence-electron chi connectivity index (χ4n) is 8.02. The van der Waals surface area contributed by atoms with E-state index >= 15 is 0 Å². The van der Waals surface area contributed by atoms with E-state index in [1.54, 1.807) is 19.1 Å². The first-order valence-electron chi connectivity index (χ1n) is 13.3. The van der Waals surface area contributed by atoms with Crippen molar-refractivity contribution < 1.29 is 22.8 Å². The van der Waals surface area contributed by atoms with Gasteiger partial charge in [0.2, 0.25) is 11.8 Å². The summed E-state index contributed by atoms with van der Waals surface area (Å²) in [7, 11) is 0. The maximum absolute atomic E-state index is 14.3. The van der Waals surface area contributed by atoms with Gasteiger partial charge in [0.25, 0.3) is 0 Å². The molecular weight excluding hydrogens is 465 g/mol. The first-order valence-corrected chi connectivity index (χ1v) is 13.3. The van der Waals surface area contributed by atoms with Crippen molar-refractivity contribution in [2.75, 3.05) is 0 Å². The molecule has 1 saturated heterocycles. The van der Waals surface area contributed by atoms with Crippen molar-refractivity contribution in [3.8, 4) is 0 Å². The third-order valence-electron chi connectivity index (χ3n) is 10.3. The molecule has 3 fully saturated rings. The molecule has 5 rings (SSSR count). The van der Waals surface area contributed by atoms with Gasteiger partial charge in [-0.25, -0.2) is 0 Å². The van der Waals surface area contributed by atoms with E-state index in [-0.39, 0.29) is 12.0 Å². The van der Waals surface area contributed by atoms with Crippen LogP contribution < -0.4 is 10.6 Å². The number of benzene rings is 1. The SMILES string of the molecule is Cc1ccc(C(C)(NC(=O)C2C[C@@]3(C)C(=CC[C@@H]4[C@H]3CC[C@]3(C)CCC[C@@H]43)NC2=O)C(F)(F)F)cc1. The van der Waals surface area contributed by atoms with Crippen LogP contribution in [0.1, 0.15) is 76.8 Å². The molecule has 1 heterocycles. The highest BCUT2D eigenvalue weighted by molar-refractivity contribution is 6.02. The van der Waals surface area contributed by atoms with E-state index in [1.807, 2.05) is 0 Å². The quantitative estimate of drug-likeness (QED) is 0.487. The number of alkyl halides is 3. The molecule has 7 heteroatoms. The topological polar surface area (TPSA) is 58.2 Å². The summed E-state index contributed by atoms with van der Waals surface area (Å²) in [6.07, 6.45) is 4.43. The number of hydrogen-bond donors (Lipinski definition) is 2. The Balaban J connectivity index is 1.42. The standard InChI is InChI=1S/C29H37F3N2O2/c1-17-7-9-18(10-8-17)28(4,29(30,31)32)34-25(36)20-16-27(3)22-13-15-26(2)14-5-6-21(26)19(22)11-12-23(27)33-24(20)35/h7-10,12,19-22H,5-6,11,13-16H2,1-4H3,(H,33,35)(H,34,36)/t19-,20?,21-,22+,26-,27+,28?/m0/s1. The number of allylic oxidation sites excluding steroid dienone is 2. The van der Waals surface area contributed by atoms with Crippen molar-refractivity contribution in [3.63, 3.8) is 0 Å². The van der Waals surface area contributed by atoms with E-state index < -0.39 is 34.9 Å². The molecule has 2 saturated carbocycles. The van der Waals surface area contributed by atoms with Gasteiger partial charge in [-0.1, -0.05) is 56.2 Å². The number of nitrogens with one attached hydrogen (secondary N) is 2. The van der Waals surface area contributed by atoms with E-state index in [4.69, 9.17) is 0 Å². The molecule has 1 aromatic rings. The highest BCUT2D eigenvalue weighted by Crippen LogP contribution is 2.64. The molecule has 196 valence electrons. The van der Waals surface area contributed by atoms with Crippen LogP contribution in [-0.4, -0.2) is 18.0 Å². The van der Waals surface area contributed by atoms with E-state index in [9.17, 15) is 22.8 Å². The average Bonchev–Trinajstić information content (AvgIpc) is 3.20.